The number of fused-ring (bicyclic) bond motifs is 1. The van der Waals surface area contributed by atoms with Crippen LogP contribution in [0.25, 0.3) is 16.9 Å². The SMILES string of the molecule is Cn1cc(NC(=O)c2cnn3cccnc23)c(-c2cc(Oc3ccc(CN4CC[C@H]4CO)cc3)ccc2OC(F)F)n1. The standard InChI is InChI=1S/C29H27F2N7O4/c1-36-16-24(34-28(40)23-14-33-38-11-2-10-32-27(23)38)26(35-36)22-13-21(7-8-25(22)42-29(30)31)41-20-5-3-18(4-6-20)15-37-12-9-19(37)17-39/h2-8,10-11,13-14,16,19,29,39H,9,12,15,17H2,1H3,(H,34,40)/t19-/m0/s1. The molecule has 1 atom stereocenters. The number of rotatable bonds is 10. The van der Waals surface area contributed by atoms with E-state index in [1.165, 1.54) is 33.6 Å². The van der Waals surface area contributed by atoms with Crippen LogP contribution < -0.4 is 14.8 Å². The second kappa shape index (κ2) is 11.5. The molecule has 2 N–H and O–H groups in total. The largest absolute Gasteiger partial charge is 0.457 e. The number of aliphatic hydroxyl groups excluding tert-OH is 1. The van der Waals surface area contributed by atoms with Gasteiger partial charge >= 0.3 is 6.61 Å². The summed E-state index contributed by atoms with van der Waals surface area (Å²) < 4.78 is 40.4. The van der Waals surface area contributed by atoms with Gasteiger partial charge < -0.3 is 19.9 Å². The minimum absolute atomic E-state index is 0.132. The second-order valence-corrected chi connectivity index (χ2v) is 9.84. The van der Waals surface area contributed by atoms with Crippen LogP contribution >= 0.6 is 0 Å². The molecule has 1 aliphatic heterocycles. The quantitative estimate of drug-likeness (QED) is 0.253. The molecular formula is C29H27F2N7O4. The van der Waals surface area contributed by atoms with Gasteiger partial charge in [0, 0.05) is 44.8 Å². The summed E-state index contributed by atoms with van der Waals surface area (Å²) in [4.78, 5) is 19.6. The normalized spacial score (nSPS) is 15.1. The first kappa shape index (κ1) is 27.3. The van der Waals surface area contributed by atoms with Gasteiger partial charge in [0.2, 0.25) is 0 Å². The van der Waals surface area contributed by atoms with Gasteiger partial charge in [0.15, 0.2) is 5.65 Å². The second-order valence-electron chi connectivity index (χ2n) is 9.84. The first-order valence-electron chi connectivity index (χ1n) is 13.2. The monoisotopic (exact) mass is 575 g/mol. The average molecular weight is 576 g/mol. The molecule has 0 unspecified atom stereocenters. The third-order valence-electron chi connectivity index (χ3n) is 7.04. The van der Waals surface area contributed by atoms with Crippen molar-refractivity contribution >= 4 is 17.2 Å². The van der Waals surface area contributed by atoms with Crippen molar-refractivity contribution in [2.24, 2.45) is 7.05 Å². The van der Waals surface area contributed by atoms with Crippen molar-refractivity contribution in [2.45, 2.75) is 25.6 Å². The molecule has 42 heavy (non-hydrogen) atoms. The molecule has 0 radical (unpaired) electrons. The first-order chi connectivity index (χ1) is 20.4. The first-order valence-corrected chi connectivity index (χ1v) is 13.2. The zero-order valence-corrected chi connectivity index (χ0v) is 22.5. The lowest BCUT2D eigenvalue weighted by Crippen LogP contribution is -2.48. The van der Waals surface area contributed by atoms with Crippen molar-refractivity contribution in [1.82, 2.24) is 29.3 Å². The summed E-state index contributed by atoms with van der Waals surface area (Å²) in [5, 5.41) is 20.8. The Morgan fingerprint density at radius 1 is 1.19 bits per heavy atom. The Labute approximate surface area is 238 Å². The Morgan fingerprint density at radius 3 is 2.74 bits per heavy atom. The van der Waals surface area contributed by atoms with Crippen LogP contribution in [0.4, 0.5) is 14.5 Å². The average Bonchev–Trinajstić information content (AvgIpc) is 3.56. The van der Waals surface area contributed by atoms with Gasteiger partial charge in [0.25, 0.3) is 5.91 Å². The maximum Gasteiger partial charge on any atom is 0.387 e. The van der Waals surface area contributed by atoms with E-state index in [1.807, 2.05) is 24.3 Å². The number of carbonyl (C=O) groups excluding carboxylic acids is 1. The number of nitrogens with one attached hydrogen (secondary N) is 1. The molecule has 6 rings (SSSR count). The van der Waals surface area contributed by atoms with E-state index in [-0.39, 0.29) is 40.9 Å². The zero-order chi connectivity index (χ0) is 29.2. The Bertz CT molecular complexity index is 1720. The molecule has 1 fully saturated rings. The number of hydrogen-bond acceptors (Lipinski definition) is 8. The van der Waals surface area contributed by atoms with Gasteiger partial charge in [-0.2, -0.15) is 19.0 Å². The number of likely N-dealkylation sites (tertiary alicyclic amines) is 1. The molecule has 0 spiro atoms. The van der Waals surface area contributed by atoms with Gasteiger partial charge in [-0.05, 0) is 48.4 Å². The van der Waals surface area contributed by atoms with Gasteiger partial charge in [0.05, 0.1) is 24.1 Å². The number of alkyl halides is 2. The van der Waals surface area contributed by atoms with Crippen LogP contribution in [-0.2, 0) is 13.6 Å². The Morgan fingerprint density at radius 2 is 2.00 bits per heavy atom. The van der Waals surface area contributed by atoms with Crippen LogP contribution in [0, 0.1) is 0 Å². The maximum absolute atomic E-state index is 13.3. The molecule has 1 aliphatic rings. The van der Waals surface area contributed by atoms with Gasteiger partial charge in [-0.3, -0.25) is 14.4 Å². The Kier molecular flexibility index (Phi) is 7.50. The number of halogens is 2. The highest BCUT2D eigenvalue weighted by molar-refractivity contribution is 6.09. The Hall–Kier alpha value is -4.88. The number of aromatic nitrogens is 5. The summed E-state index contributed by atoms with van der Waals surface area (Å²) in [5.74, 6) is 0.278. The van der Waals surface area contributed by atoms with Crippen LogP contribution in [0.3, 0.4) is 0 Å². The number of aliphatic hydroxyl groups is 1. The number of hydrogen-bond donors (Lipinski definition) is 2. The molecule has 216 valence electrons. The Balaban J connectivity index is 1.26. The predicted molar refractivity (Wildman–Crippen MR) is 149 cm³/mol. The molecular weight excluding hydrogens is 548 g/mol. The summed E-state index contributed by atoms with van der Waals surface area (Å²) in [7, 11) is 1.65. The summed E-state index contributed by atoms with van der Waals surface area (Å²) in [6.45, 7) is -1.25. The lowest BCUT2D eigenvalue weighted by Gasteiger charge is -2.39. The van der Waals surface area contributed by atoms with Crippen molar-refractivity contribution in [3.8, 4) is 28.5 Å². The topological polar surface area (TPSA) is 119 Å². The van der Waals surface area contributed by atoms with Gasteiger partial charge in [-0.1, -0.05) is 12.1 Å². The van der Waals surface area contributed by atoms with E-state index in [9.17, 15) is 18.7 Å². The summed E-state index contributed by atoms with van der Waals surface area (Å²) in [6, 6.07) is 13.9. The summed E-state index contributed by atoms with van der Waals surface area (Å²) >= 11 is 0. The minimum atomic E-state index is -3.08. The molecule has 0 saturated carbocycles. The fraction of sp³-hybridized carbons (Fsp3) is 0.241. The van der Waals surface area contributed by atoms with Gasteiger partial charge in [-0.25, -0.2) is 9.50 Å². The van der Waals surface area contributed by atoms with Crippen molar-refractivity contribution in [2.75, 3.05) is 18.5 Å². The molecule has 11 nitrogen and oxygen atoms in total. The van der Waals surface area contributed by atoms with Crippen molar-refractivity contribution in [3.05, 3.63) is 84.4 Å². The predicted octanol–water partition coefficient (Wildman–Crippen LogP) is 4.34. The van der Waals surface area contributed by atoms with Crippen LogP contribution in [-0.4, -0.2) is 66.1 Å². The van der Waals surface area contributed by atoms with E-state index < -0.39 is 12.5 Å². The van der Waals surface area contributed by atoms with Crippen molar-refractivity contribution < 1.29 is 28.2 Å². The number of carbonyl (C=O) groups is 1. The van der Waals surface area contributed by atoms with E-state index in [2.05, 4.69) is 25.4 Å². The highest BCUT2D eigenvalue weighted by atomic mass is 19.3. The third-order valence-corrected chi connectivity index (χ3v) is 7.04. The lowest BCUT2D eigenvalue weighted by atomic mass is 10.0. The van der Waals surface area contributed by atoms with E-state index >= 15 is 0 Å². The van der Waals surface area contributed by atoms with Gasteiger partial charge in [0.1, 0.15) is 28.5 Å². The highest BCUT2D eigenvalue weighted by Gasteiger charge is 2.27. The molecule has 1 saturated heterocycles. The van der Waals surface area contributed by atoms with Crippen molar-refractivity contribution in [1.29, 1.82) is 0 Å². The smallest absolute Gasteiger partial charge is 0.387 e. The summed E-state index contributed by atoms with van der Waals surface area (Å²) in [5.41, 5.74) is 2.35. The molecule has 13 heteroatoms. The number of benzene rings is 2. The molecule has 2 aromatic carbocycles. The molecule has 0 aliphatic carbocycles. The third kappa shape index (κ3) is 5.64. The molecule has 4 heterocycles. The molecule has 1 amide bonds. The summed E-state index contributed by atoms with van der Waals surface area (Å²) in [6.07, 6.45) is 7.16. The van der Waals surface area contributed by atoms with E-state index in [1.54, 1.807) is 31.7 Å². The van der Waals surface area contributed by atoms with Crippen LogP contribution in [0.5, 0.6) is 17.2 Å². The van der Waals surface area contributed by atoms with Crippen molar-refractivity contribution in [3.63, 3.8) is 0 Å². The highest BCUT2D eigenvalue weighted by Crippen LogP contribution is 2.39. The lowest BCUT2D eigenvalue weighted by molar-refractivity contribution is -0.0494. The zero-order valence-electron chi connectivity index (χ0n) is 22.5. The van der Waals surface area contributed by atoms with E-state index in [0.29, 0.717) is 17.1 Å². The number of nitrogens with zero attached hydrogens (tertiary/aromatic N) is 6. The minimum Gasteiger partial charge on any atom is -0.457 e. The van der Waals surface area contributed by atoms with Crippen LogP contribution in [0.2, 0.25) is 0 Å². The van der Waals surface area contributed by atoms with E-state index in [4.69, 9.17) is 9.47 Å². The van der Waals surface area contributed by atoms with Crippen LogP contribution in [0.15, 0.2) is 73.3 Å². The van der Waals surface area contributed by atoms with E-state index in [0.717, 1.165) is 25.1 Å². The number of ether oxygens (including phenoxy) is 2. The molecule has 0 bridgehead atoms. The maximum atomic E-state index is 13.3. The number of amides is 1. The molecule has 3 aromatic heterocycles. The van der Waals surface area contributed by atoms with Crippen LogP contribution in [0.1, 0.15) is 22.3 Å². The fourth-order valence-electron chi connectivity index (χ4n) is 4.85. The number of anilines is 1. The number of aryl methyl sites for hydroxylation is 1. The van der Waals surface area contributed by atoms with Gasteiger partial charge in [-0.15, -0.1) is 0 Å². The fourth-order valence-corrected chi connectivity index (χ4v) is 4.85. The molecule has 5 aromatic rings.